The van der Waals surface area contributed by atoms with E-state index >= 15 is 0 Å². The van der Waals surface area contributed by atoms with E-state index in [0.29, 0.717) is 28.4 Å². The van der Waals surface area contributed by atoms with Gasteiger partial charge in [0.1, 0.15) is 17.9 Å². The van der Waals surface area contributed by atoms with Crippen LogP contribution in [-0.4, -0.2) is 50.1 Å². The molecular formula is C27H28F3N6O3S+. The highest BCUT2D eigenvalue weighted by Crippen LogP contribution is 2.35. The second-order valence-electron chi connectivity index (χ2n) is 9.13. The molecule has 1 amide bonds. The summed E-state index contributed by atoms with van der Waals surface area (Å²) >= 11 is 1.07. The van der Waals surface area contributed by atoms with Crippen molar-refractivity contribution in [2.45, 2.75) is 26.6 Å². The highest BCUT2D eigenvalue weighted by Gasteiger charge is 2.30. The summed E-state index contributed by atoms with van der Waals surface area (Å²) in [6.07, 6.45) is -2.53. The van der Waals surface area contributed by atoms with Gasteiger partial charge >= 0.3 is 6.18 Å². The van der Waals surface area contributed by atoms with Gasteiger partial charge in [-0.25, -0.2) is 0 Å². The van der Waals surface area contributed by atoms with Crippen molar-refractivity contribution < 1.29 is 32.5 Å². The van der Waals surface area contributed by atoms with Gasteiger partial charge in [-0.05, 0) is 38.1 Å². The standard InChI is InChI=1S/C27H27F3N6O3S/c1-16-11-13-36(35(16)4)14-12-31-26(39)22-10-9-21(40-22)20(37)15-32-17(2)23-25(38)24(34(3)33-23)18-5-7-19(8-6-18)27(28,29)30/h5-11,13H,12,14-15H2,1-4H3,(H-,31,38,39)/p+1. The second-order valence-corrected chi connectivity index (χ2v) is 10.2. The minimum Gasteiger partial charge on any atom is -0.504 e. The zero-order chi connectivity index (χ0) is 29.2. The minimum absolute atomic E-state index is 0.114. The van der Waals surface area contributed by atoms with Crippen LogP contribution in [0.15, 0.2) is 53.7 Å². The Labute approximate surface area is 232 Å². The number of ketones is 1. The molecule has 0 aliphatic carbocycles. The molecule has 13 heteroatoms. The molecule has 1 aromatic carbocycles. The number of hydrogen-bond donors (Lipinski definition) is 2. The molecule has 0 saturated heterocycles. The number of carbonyl (C=O) groups excluding carboxylic acids is 2. The van der Waals surface area contributed by atoms with E-state index in [4.69, 9.17) is 0 Å². The Morgan fingerprint density at radius 3 is 2.40 bits per heavy atom. The van der Waals surface area contributed by atoms with Gasteiger partial charge in [0, 0.05) is 18.7 Å². The predicted molar refractivity (Wildman–Crippen MR) is 144 cm³/mol. The fourth-order valence-corrected chi connectivity index (χ4v) is 4.90. The largest absolute Gasteiger partial charge is 0.504 e. The number of aromatic hydroxyl groups is 1. The van der Waals surface area contributed by atoms with Crippen LogP contribution in [0.1, 0.15) is 43.2 Å². The van der Waals surface area contributed by atoms with Gasteiger partial charge in [-0.1, -0.05) is 12.1 Å². The molecule has 0 saturated carbocycles. The van der Waals surface area contributed by atoms with E-state index in [9.17, 15) is 27.9 Å². The van der Waals surface area contributed by atoms with Gasteiger partial charge in [0.25, 0.3) is 5.91 Å². The van der Waals surface area contributed by atoms with Crippen molar-refractivity contribution in [1.29, 1.82) is 0 Å². The summed E-state index contributed by atoms with van der Waals surface area (Å²) in [7, 11) is 3.48. The van der Waals surface area contributed by atoms with E-state index in [1.54, 1.807) is 26.1 Å². The predicted octanol–water partition coefficient (Wildman–Crippen LogP) is 3.93. The fraction of sp³-hybridized carbons (Fsp3) is 0.296. The van der Waals surface area contributed by atoms with E-state index in [1.807, 2.05) is 35.6 Å². The number of amides is 1. The van der Waals surface area contributed by atoms with Gasteiger partial charge < -0.3 is 10.4 Å². The van der Waals surface area contributed by atoms with E-state index in [0.717, 1.165) is 29.2 Å². The summed E-state index contributed by atoms with van der Waals surface area (Å²) in [5.41, 5.74) is 1.26. The lowest BCUT2D eigenvalue weighted by atomic mass is 10.1. The second kappa shape index (κ2) is 11.5. The van der Waals surface area contributed by atoms with E-state index in [2.05, 4.69) is 15.4 Å². The number of aryl methyl sites for hydroxylation is 2. The Kier molecular flexibility index (Phi) is 8.24. The molecule has 0 spiro atoms. The van der Waals surface area contributed by atoms with Crippen molar-refractivity contribution in [3.8, 4) is 17.0 Å². The van der Waals surface area contributed by atoms with Crippen molar-refractivity contribution in [3.63, 3.8) is 0 Å². The van der Waals surface area contributed by atoms with Crippen LogP contribution in [0.3, 0.4) is 0 Å². The van der Waals surface area contributed by atoms with Gasteiger partial charge in [0.2, 0.25) is 0 Å². The summed E-state index contributed by atoms with van der Waals surface area (Å²) in [6, 6.07) is 9.51. The Morgan fingerprint density at radius 2 is 1.77 bits per heavy atom. The van der Waals surface area contributed by atoms with Crippen LogP contribution < -0.4 is 10.00 Å². The smallest absolute Gasteiger partial charge is 0.416 e. The topological polar surface area (TPSA) is 105 Å². The number of hydrogen-bond acceptors (Lipinski definition) is 6. The Morgan fingerprint density at radius 1 is 1.10 bits per heavy atom. The van der Waals surface area contributed by atoms with Crippen molar-refractivity contribution in [3.05, 3.63) is 75.4 Å². The third kappa shape index (κ3) is 6.14. The van der Waals surface area contributed by atoms with E-state index < -0.39 is 11.7 Å². The molecule has 0 unspecified atom stereocenters. The van der Waals surface area contributed by atoms with Crippen molar-refractivity contribution in [1.82, 2.24) is 19.8 Å². The number of carbonyl (C=O) groups is 2. The van der Waals surface area contributed by atoms with Crippen LogP contribution in [-0.2, 0) is 26.8 Å². The van der Waals surface area contributed by atoms with Crippen LogP contribution in [0.4, 0.5) is 13.2 Å². The Balaban J connectivity index is 1.39. The maximum Gasteiger partial charge on any atom is 0.416 e. The van der Waals surface area contributed by atoms with Crippen molar-refractivity contribution in [2.75, 3.05) is 13.1 Å². The number of thiophene rings is 1. The fourth-order valence-electron chi connectivity index (χ4n) is 4.05. The molecule has 2 N–H and O–H groups in total. The van der Waals surface area contributed by atoms with Crippen LogP contribution in [0, 0.1) is 6.92 Å². The highest BCUT2D eigenvalue weighted by atomic mass is 32.1. The molecule has 210 valence electrons. The quantitative estimate of drug-likeness (QED) is 0.180. The SMILES string of the molecule is CC(=NCC(=O)c1ccc(C(=O)NCC[n+]2ccc(C)n2C)s1)c1nn(C)c(-c2ccc(C(F)(F)F)cc2)c1O. The molecule has 0 atom stereocenters. The monoisotopic (exact) mass is 573 g/mol. The van der Waals surface area contributed by atoms with Crippen LogP contribution in [0.2, 0.25) is 0 Å². The molecule has 3 aromatic heterocycles. The van der Waals surface area contributed by atoms with Gasteiger partial charge in [-0.3, -0.25) is 19.3 Å². The Hall–Kier alpha value is -4.26. The average Bonchev–Trinajstić information content (AvgIpc) is 3.61. The number of halogens is 3. The normalized spacial score (nSPS) is 12.1. The number of rotatable bonds is 9. The van der Waals surface area contributed by atoms with E-state index in [1.165, 1.54) is 16.8 Å². The lowest BCUT2D eigenvalue weighted by molar-refractivity contribution is -0.771. The van der Waals surface area contributed by atoms with E-state index in [-0.39, 0.29) is 41.1 Å². The number of aromatic nitrogens is 4. The highest BCUT2D eigenvalue weighted by molar-refractivity contribution is 7.16. The third-order valence-corrected chi connectivity index (χ3v) is 7.55. The first kappa shape index (κ1) is 28.7. The summed E-state index contributed by atoms with van der Waals surface area (Å²) in [4.78, 5) is 30.3. The molecular weight excluding hydrogens is 545 g/mol. The molecule has 0 radical (unpaired) electrons. The number of benzene rings is 1. The van der Waals surface area contributed by atoms with Crippen LogP contribution in [0.5, 0.6) is 5.75 Å². The first-order valence-electron chi connectivity index (χ1n) is 12.2. The van der Waals surface area contributed by atoms with Gasteiger partial charge in [-0.15, -0.1) is 16.0 Å². The molecule has 3 heterocycles. The maximum absolute atomic E-state index is 12.9. The molecule has 9 nitrogen and oxygen atoms in total. The number of nitrogens with one attached hydrogen (secondary N) is 1. The van der Waals surface area contributed by atoms with Crippen LogP contribution >= 0.6 is 11.3 Å². The average molecular weight is 574 g/mol. The molecule has 0 fully saturated rings. The van der Waals surface area contributed by atoms with Crippen molar-refractivity contribution >= 4 is 28.7 Å². The number of alkyl halides is 3. The maximum atomic E-state index is 12.9. The zero-order valence-electron chi connectivity index (χ0n) is 22.3. The molecule has 0 aliphatic rings. The summed E-state index contributed by atoms with van der Waals surface area (Å²) in [5, 5.41) is 17.8. The summed E-state index contributed by atoms with van der Waals surface area (Å²) in [6.45, 7) is 4.36. The lowest BCUT2D eigenvalue weighted by Gasteiger charge is -2.08. The summed E-state index contributed by atoms with van der Waals surface area (Å²) in [5.74, 6) is -0.837. The number of nitrogens with zero attached hydrogens (tertiary/aromatic N) is 5. The van der Waals surface area contributed by atoms with Crippen molar-refractivity contribution in [2.24, 2.45) is 19.1 Å². The zero-order valence-corrected chi connectivity index (χ0v) is 23.1. The number of Topliss-reactive ketones (excluding diaryl/α,β-unsaturated/α-hetero) is 1. The summed E-state index contributed by atoms with van der Waals surface area (Å²) < 4.78 is 44.0. The number of aliphatic imine (C=N–C) groups is 1. The molecule has 4 rings (SSSR count). The molecule has 4 aromatic rings. The van der Waals surface area contributed by atoms with Crippen LogP contribution in [0.25, 0.3) is 11.3 Å². The lowest BCUT2D eigenvalue weighted by Crippen LogP contribution is -2.46. The van der Waals surface area contributed by atoms with Gasteiger partial charge in [0.15, 0.2) is 24.3 Å². The third-order valence-electron chi connectivity index (χ3n) is 6.43. The molecule has 0 aliphatic heterocycles. The minimum atomic E-state index is -4.47. The molecule has 0 bridgehead atoms. The van der Waals surface area contributed by atoms with Gasteiger partial charge in [0.05, 0.1) is 40.3 Å². The Bertz CT molecular complexity index is 1580. The van der Waals surface area contributed by atoms with Gasteiger partial charge in [-0.2, -0.15) is 23.0 Å². The first-order valence-corrected chi connectivity index (χ1v) is 13.1. The molecule has 40 heavy (non-hydrogen) atoms. The first-order chi connectivity index (χ1) is 18.9.